The maximum absolute atomic E-state index is 2.46. The summed E-state index contributed by atoms with van der Waals surface area (Å²) in [5.74, 6) is 0. The van der Waals surface area contributed by atoms with Crippen LogP contribution in [0.5, 0.6) is 0 Å². The molecule has 2 heteroatoms. The van der Waals surface area contributed by atoms with Crippen molar-refractivity contribution in [1.82, 2.24) is 9.80 Å². The Morgan fingerprint density at radius 1 is 1.36 bits per heavy atom. The van der Waals surface area contributed by atoms with Gasteiger partial charge in [0.25, 0.3) is 0 Å². The Kier molecular flexibility index (Phi) is 2.64. The van der Waals surface area contributed by atoms with Gasteiger partial charge >= 0.3 is 0 Å². The van der Waals surface area contributed by atoms with Crippen LogP contribution in [-0.2, 0) is 0 Å². The summed E-state index contributed by atoms with van der Waals surface area (Å²) in [5.41, 5.74) is 1.48. The normalized spacial score (nSPS) is 33.6. The van der Waals surface area contributed by atoms with E-state index in [0.717, 1.165) is 0 Å². The molecular weight excluding hydrogens is 172 g/mol. The lowest BCUT2D eigenvalue weighted by Crippen LogP contribution is -2.31. The summed E-state index contributed by atoms with van der Waals surface area (Å²) >= 11 is 0. The van der Waals surface area contributed by atoms with Gasteiger partial charge in [0.15, 0.2) is 0 Å². The molecule has 14 heavy (non-hydrogen) atoms. The molecule has 0 aromatic carbocycles. The number of hydrogen-bond donors (Lipinski definition) is 0. The largest absolute Gasteiger partial charge is 0.374 e. The number of likely N-dealkylation sites (tertiary alicyclic amines) is 1. The molecule has 2 atom stereocenters. The predicted octanol–water partition coefficient (Wildman–Crippen LogP) is 1.85. The first-order valence-electron chi connectivity index (χ1n) is 5.50. The van der Waals surface area contributed by atoms with Crippen molar-refractivity contribution in [3.63, 3.8) is 0 Å². The topological polar surface area (TPSA) is 6.48 Å². The maximum Gasteiger partial charge on any atom is 0.0439 e. The Morgan fingerprint density at radius 2 is 2.14 bits per heavy atom. The van der Waals surface area contributed by atoms with E-state index >= 15 is 0 Å². The summed E-state index contributed by atoms with van der Waals surface area (Å²) in [6.45, 7) is 3.47. The van der Waals surface area contributed by atoms with Gasteiger partial charge in [0.05, 0.1) is 0 Å². The predicted molar refractivity (Wildman–Crippen MR) is 60.1 cm³/mol. The van der Waals surface area contributed by atoms with Gasteiger partial charge in [0.2, 0.25) is 0 Å². The van der Waals surface area contributed by atoms with Crippen LogP contribution in [-0.4, -0.2) is 42.5 Å². The highest BCUT2D eigenvalue weighted by Crippen LogP contribution is 2.25. The van der Waals surface area contributed by atoms with Crippen LogP contribution in [0, 0.1) is 0 Å². The van der Waals surface area contributed by atoms with E-state index < -0.39 is 0 Å². The third-order valence-corrected chi connectivity index (χ3v) is 3.47. The van der Waals surface area contributed by atoms with E-state index in [9.17, 15) is 0 Å². The zero-order chi connectivity index (χ0) is 10.1. The Morgan fingerprint density at radius 3 is 2.71 bits per heavy atom. The first kappa shape index (κ1) is 9.78. The minimum atomic E-state index is 0.547. The Bertz CT molecular complexity index is 267. The first-order chi connectivity index (χ1) is 6.68. The van der Waals surface area contributed by atoms with E-state index in [1.165, 1.54) is 25.0 Å². The molecule has 2 rings (SSSR count). The molecule has 0 bridgehead atoms. The van der Waals surface area contributed by atoms with Crippen molar-refractivity contribution in [2.45, 2.75) is 31.8 Å². The van der Waals surface area contributed by atoms with Gasteiger partial charge in [-0.05, 0) is 38.9 Å². The fourth-order valence-corrected chi connectivity index (χ4v) is 2.31. The van der Waals surface area contributed by atoms with Crippen LogP contribution >= 0.6 is 0 Å². The van der Waals surface area contributed by atoms with Crippen molar-refractivity contribution < 1.29 is 0 Å². The number of nitrogens with zero attached hydrogens (tertiary/aromatic N) is 2. The summed E-state index contributed by atoms with van der Waals surface area (Å²) in [6.07, 6.45) is 9.55. The third kappa shape index (κ3) is 1.71. The van der Waals surface area contributed by atoms with Crippen LogP contribution in [0.3, 0.4) is 0 Å². The van der Waals surface area contributed by atoms with Crippen molar-refractivity contribution >= 4 is 0 Å². The second-order valence-corrected chi connectivity index (χ2v) is 4.53. The second kappa shape index (κ2) is 3.77. The molecule has 2 aliphatic rings. The van der Waals surface area contributed by atoms with Crippen LogP contribution < -0.4 is 0 Å². The molecule has 0 N–H and O–H groups in total. The Labute approximate surface area is 86.9 Å². The molecule has 2 heterocycles. The Balaban J connectivity index is 2.12. The third-order valence-electron chi connectivity index (χ3n) is 3.47. The average Bonchev–Trinajstić information content (AvgIpc) is 2.57. The van der Waals surface area contributed by atoms with E-state index in [1.54, 1.807) is 0 Å². The van der Waals surface area contributed by atoms with Crippen molar-refractivity contribution in [2.75, 3.05) is 20.6 Å². The van der Waals surface area contributed by atoms with Gasteiger partial charge in [-0.1, -0.05) is 12.2 Å². The molecule has 0 saturated carbocycles. The first-order valence-corrected chi connectivity index (χ1v) is 5.50. The zero-order valence-electron chi connectivity index (χ0n) is 9.40. The quantitative estimate of drug-likeness (QED) is 0.625. The molecule has 2 aliphatic heterocycles. The minimum Gasteiger partial charge on any atom is -0.374 e. The molecule has 78 valence electrons. The van der Waals surface area contributed by atoms with Crippen LogP contribution in [0.4, 0.5) is 0 Å². The van der Waals surface area contributed by atoms with Gasteiger partial charge in [-0.25, -0.2) is 0 Å². The smallest absolute Gasteiger partial charge is 0.0439 e. The van der Waals surface area contributed by atoms with E-state index in [-0.39, 0.29) is 0 Å². The fourth-order valence-electron chi connectivity index (χ4n) is 2.31. The van der Waals surface area contributed by atoms with Gasteiger partial charge in [0.1, 0.15) is 0 Å². The van der Waals surface area contributed by atoms with Crippen LogP contribution in [0.15, 0.2) is 23.9 Å². The number of rotatable bonds is 1. The van der Waals surface area contributed by atoms with Crippen LogP contribution in [0.2, 0.25) is 0 Å². The molecular formula is C12H20N2. The molecule has 0 aromatic heterocycles. The molecule has 0 aromatic rings. The second-order valence-electron chi connectivity index (χ2n) is 4.53. The van der Waals surface area contributed by atoms with Gasteiger partial charge < -0.3 is 4.90 Å². The molecule has 0 amide bonds. The number of likely N-dealkylation sites (N-methyl/N-ethyl adjacent to an activating group) is 2. The van der Waals surface area contributed by atoms with Crippen LogP contribution in [0.1, 0.15) is 19.8 Å². The number of hydrogen-bond acceptors (Lipinski definition) is 2. The SMILES string of the molecule is CC1C=CC(C2CCCN2C)=CN1C. The van der Waals surface area contributed by atoms with E-state index in [4.69, 9.17) is 0 Å². The summed E-state index contributed by atoms with van der Waals surface area (Å²) in [7, 11) is 4.38. The van der Waals surface area contributed by atoms with Crippen molar-refractivity contribution in [3.8, 4) is 0 Å². The highest BCUT2D eigenvalue weighted by Gasteiger charge is 2.25. The maximum atomic E-state index is 2.46. The molecule has 1 saturated heterocycles. The lowest BCUT2D eigenvalue weighted by Gasteiger charge is -2.29. The van der Waals surface area contributed by atoms with Crippen molar-refractivity contribution in [3.05, 3.63) is 23.9 Å². The standard InChI is InChI=1S/C12H20N2/c1-10-6-7-11(9-14(10)3)12-5-4-8-13(12)2/h6-7,9-10,12H,4-5,8H2,1-3H3. The zero-order valence-corrected chi connectivity index (χ0v) is 9.40. The van der Waals surface area contributed by atoms with Gasteiger partial charge in [-0.2, -0.15) is 0 Å². The van der Waals surface area contributed by atoms with Crippen LogP contribution in [0.25, 0.3) is 0 Å². The van der Waals surface area contributed by atoms with E-state index in [0.29, 0.717) is 12.1 Å². The van der Waals surface area contributed by atoms with Gasteiger partial charge in [-0.15, -0.1) is 0 Å². The lowest BCUT2D eigenvalue weighted by atomic mass is 10.0. The minimum absolute atomic E-state index is 0.547. The average molecular weight is 192 g/mol. The highest BCUT2D eigenvalue weighted by atomic mass is 15.2. The van der Waals surface area contributed by atoms with Gasteiger partial charge in [0, 0.05) is 25.3 Å². The summed E-state index contributed by atoms with van der Waals surface area (Å²) < 4.78 is 0. The fraction of sp³-hybridized carbons (Fsp3) is 0.667. The Hall–Kier alpha value is -0.760. The van der Waals surface area contributed by atoms with Crippen molar-refractivity contribution in [2.24, 2.45) is 0 Å². The summed E-state index contributed by atoms with van der Waals surface area (Å²) in [4.78, 5) is 4.75. The summed E-state index contributed by atoms with van der Waals surface area (Å²) in [6, 6.07) is 1.20. The molecule has 1 fully saturated rings. The van der Waals surface area contributed by atoms with E-state index in [2.05, 4.69) is 49.2 Å². The molecule has 0 aliphatic carbocycles. The molecule has 2 unspecified atom stereocenters. The molecule has 2 nitrogen and oxygen atoms in total. The van der Waals surface area contributed by atoms with E-state index in [1.807, 2.05) is 0 Å². The van der Waals surface area contributed by atoms with Crippen molar-refractivity contribution in [1.29, 1.82) is 0 Å². The molecule has 0 radical (unpaired) electrons. The molecule has 0 spiro atoms. The summed E-state index contributed by atoms with van der Waals surface area (Å²) in [5, 5.41) is 0. The highest BCUT2D eigenvalue weighted by molar-refractivity contribution is 5.29. The van der Waals surface area contributed by atoms with Gasteiger partial charge in [-0.3, -0.25) is 4.90 Å². The monoisotopic (exact) mass is 192 g/mol. The lowest BCUT2D eigenvalue weighted by molar-refractivity contribution is 0.333.